The molecule has 1 fully saturated rings. The van der Waals surface area contributed by atoms with Crippen LogP contribution >= 0.6 is 11.3 Å². The number of aromatic nitrogens is 2. The van der Waals surface area contributed by atoms with Crippen molar-refractivity contribution in [1.29, 1.82) is 0 Å². The molecular weight excluding hydrogens is 282 g/mol. The van der Waals surface area contributed by atoms with Gasteiger partial charge < -0.3 is 5.32 Å². The minimum absolute atomic E-state index is 0.106. The van der Waals surface area contributed by atoms with E-state index < -0.39 is 0 Å². The summed E-state index contributed by atoms with van der Waals surface area (Å²) in [6.07, 6.45) is 6.52. The summed E-state index contributed by atoms with van der Waals surface area (Å²) in [7, 11) is 0. The van der Waals surface area contributed by atoms with Crippen molar-refractivity contribution in [2.45, 2.75) is 38.6 Å². The van der Waals surface area contributed by atoms with E-state index in [2.05, 4.69) is 26.7 Å². The maximum atomic E-state index is 12.5. The molecule has 21 heavy (non-hydrogen) atoms. The average Bonchev–Trinajstić information content (AvgIpc) is 3.18. The first-order valence-corrected chi connectivity index (χ1v) is 8.26. The first-order chi connectivity index (χ1) is 10.2. The fraction of sp³-hybridized carbons (Fsp3) is 0.438. The molecule has 1 amide bonds. The second-order valence-electron chi connectivity index (χ2n) is 5.50. The van der Waals surface area contributed by atoms with Gasteiger partial charge in [0, 0.05) is 11.1 Å². The second kappa shape index (κ2) is 6.35. The molecular formula is C16H19N3OS. The van der Waals surface area contributed by atoms with Crippen molar-refractivity contribution in [2.24, 2.45) is 5.92 Å². The molecule has 5 heteroatoms. The molecule has 2 aromatic rings. The standard InChI is InChI=1S/C16H19N3OS/c1-11-17-9-8-13(18-11)16(20)19-15(12-5-2-3-6-12)14-7-4-10-21-14/h4,7-10,12,15H,2-3,5-6H2,1H3,(H,19,20)/t15-/m1/s1. The van der Waals surface area contributed by atoms with Crippen molar-refractivity contribution in [3.05, 3.63) is 46.2 Å². The number of rotatable bonds is 4. The van der Waals surface area contributed by atoms with Crippen LogP contribution in [0.1, 0.15) is 52.9 Å². The average molecular weight is 301 g/mol. The Morgan fingerprint density at radius 3 is 2.86 bits per heavy atom. The van der Waals surface area contributed by atoms with Crippen molar-refractivity contribution in [3.63, 3.8) is 0 Å². The number of carbonyl (C=O) groups excluding carboxylic acids is 1. The summed E-state index contributed by atoms with van der Waals surface area (Å²) >= 11 is 1.71. The predicted octanol–water partition coefficient (Wildman–Crippen LogP) is 3.51. The Labute approximate surface area is 128 Å². The molecule has 1 atom stereocenters. The third kappa shape index (κ3) is 3.29. The number of amides is 1. The van der Waals surface area contributed by atoms with Gasteiger partial charge in [-0.25, -0.2) is 9.97 Å². The lowest BCUT2D eigenvalue weighted by Crippen LogP contribution is -2.32. The number of hydrogen-bond donors (Lipinski definition) is 1. The van der Waals surface area contributed by atoms with E-state index in [1.54, 1.807) is 30.5 Å². The number of aryl methyl sites for hydroxylation is 1. The van der Waals surface area contributed by atoms with Gasteiger partial charge in [0.1, 0.15) is 11.5 Å². The Morgan fingerprint density at radius 1 is 1.38 bits per heavy atom. The van der Waals surface area contributed by atoms with Crippen LogP contribution in [0.25, 0.3) is 0 Å². The van der Waals surface area contributed by atoms with Crippen molar-refractivity contribution in [3.8, 4) is 0 Å². The van der Waals surface area contributed by atoms with Crippen LogP contribution in [0.15, 0.2) is 29.8 Å². The summed E-state index contributed by atoms with van der Waals surface area (Å²) in [5.41, 5.74) is 0.446. The fourth-order valence-corrected chi connectivity index (χ4v) is 3.85. The molecule has 0 aromatic carbocycles. The molecule has 0 saturated heterocycles. The Balaban J connectivity index is 1.79. The highest BCUT2D eigenvalue weighted by Gasteiger charge is 2.28. The lowest BCUT2D eigenvalue weighted by atomic mass is 9.96. The maximum Gasteiger partial charge on any atom is 0.270 e. The third-order valence-corrected chi connectivity index (χ3v) is 4.97. The van der Waals surface area contributed by atoms with E-state index in [0.29, 0.717) is 17.4 Å². The highest BCUT2D eigenvalue weighted by atomic mass is 32.1. The van der Waals surface area contributed by atoms with Gasteiger partial charge in [-0.3, -0.25) is 4.79 Å². The van der Waals surface area contributed by atoms with Crippen LogP contribution in [0.3, 0.4) is 0 Å². The van der Waals surface area contributed by atoms with E-state index in [0.717, 1.165) is 0 Å². The Hall–Kier alpha value is -1.75. The molecule has 1 saturated carbocycles. The van der Waals surface area contributed by atoms with Gasteiger partial charge in [-0.15, -0.1) is 11.3 Å². The number of thiophene rings is 1. The fourth-order valence-electron chi connectivity index (χ4n) is 2.98. The van der Waals surface area contributed by atoms with Gasteiger partial charge in [0.2, 0.25) is 0 Å². The summed E-state index contributed by atoms with van der Waals surface area (Å²) in [4.78, 5) is 22.0. The lowest BCUT2D eigenvalue weighted by molar-refractivity contribution is 0.0917. The minimum Gasteiger partial charge on any atom is -0.343 e. The number of nitrogens with zero attached hydrogens (tertiary/aromatic N) is 2. The van der Waals surface area contributed by atoms with E-state index in [4.69, 9.17) is 0 Å². The minimum atomic E-state index is -0.106. The van der Waals surface area contributed by atoms with Gasteiger partial charge in [-0.2, -0.15) is 0 Å². The van der Waals surface area contributed by atoms with Gasteiger partial charge in [0.05, 0.1) is 6.04 Å². The van der Waals surface area contributed by atoms with Gasteiger partial charge in [0.25, 0.3) is 5.91 Å². The van der Waals surface area contributed by atoms with Crippen LogP contribution in [0.5, 0.6) is 0 Å². The summed E-state index contributed by atoms with van der Waals surface area (Å²) in [5, 5.41) is 5.25. The summed E-state index contributed by atoms with van der Waals surface area (Å²) < 4.78 is 0. The molecule has 4 nitrogen and oxygen atoms in total. The van der Waals surface area contributed by atoms with Crippen molar-refractivity contribution in [1.82, 2.24) is 15.3 Å². The van der Waals surface area contributed by atoms with E-state index in [9.17, 15) is 4.79 Å². The smallest absolute Gasteiger partial charge is 0.270 e. The molecule has 1 aliphatic carbocycles. The van der Waals surface area contributed by atoms with Gasteiger partial charge in [-0.1, -0.05) is 18.9 Å². The normalized spacial score (nSPS) is 16.8. The zero-order chi connectivity index (χ0) is 14.7. The molecule has 0 spiro atoms. The van der Waals surface area contributed by atoms with E-state index in [-0.39, 0.29) is 11.9 Å². The summed E-state index contributed by atoms with van der Waals surface area (Å²) in [5.74, 6) is 1.05. The molecule has 0 bridgehead atoms. The van der Waals surface area contributed by atoms with E-state index in [1.165, 1.54) is 30.6 Å². The molecule has 2 heterocycles. The number of hydrogen-bond acceptors (Lipinski definition) is 4. The first-order valence-electron chi connectivity index (χ1n) is 7.38. The molecule has 2 aromatic heterocycles. The van der Waals surface area contributed by atoms with Gasteiger partial charge in [0.15, 0.2) is 0 Å². The first kappa shape index (κ1) is 14.2. The third-order valence-electron chi connectivity index (χ3n) is 4.02. The number of nitrogens with one attached hydrogen (secondary N) is 1. The van der Waals surface area contributed by atoms with Crippen molar-refractivity contribution in [2.75, 3.05) is 0 Å². The van der Waals surface area contributed by atoms with E-state index >= 15 is 0 Å². The second-order valence-corrected chi connectivity index (χ2v) is 6.48. The van der Waals surface area contributed by atoms with Crippen LogP contribution in [0.4, 0.5) is 0 Å². The van der Waals surface area contributed by atoms with Crippen molar-refractivity contribution >= 4 is 17.2 Å². The highest BCUT2D eigenvalue weighted by molar-refractivity contribution is 7.10. The van der Waals surface area contributed by atoms with E-state index in [1.807, 2.05) is 6.07 Å². The van der Waals surface area contributed by atoms with Crippen LogP contribution in [-0.4, -0.2) is 15.9 Å². The van der Waals surface area contributed by atoms with Crippen LogP contribution in [-0.2, 0) is 0 Å². The Kier molecular flexibility index (Phi) is 4.29. The van der Waals surface area contributed by atoms with Gasteiger partial charge in [-0.05, 0) is 43.2 Å². The monoisotopic (exact) mass is 301 g/mol. The Morgan fingerprint density at radius 2 is 2.19 bits per heavy atom. The lowest BCUT2D eigenvalue weighted by Gasteiger charge is -2.23. The molecule has 0 aliphatic heterocycles. The molecule has 3 rings (SSSR count). The molecule has 0 radical (unpaired) electrons. The molecule has 110 valence electrons. The maximum absolute atomic E-state index is 12.5. The number of carbonyl (C=O) groups is 1. The zero-order valence-electron chi connectivity index (χ0n) is 12.1. The quantitative estimate of drug-likeness (QED) is 0.940. The topological polar surface area (TPSA) is 54.9 Å². The van der Waals surface area contributed by atoms with Crippen LogP contribution < -0.4 is 5.32 Å². The predicted molar refractivity (Wildman–Crippen MR) is 83.3 cm³/mol. The highest BCUT2D eigenvalue weighted by Crippen LogP contribution is 2.37. The van der Waals surface area contributed by atoms with Crippen LogP contribution in [0.2, 0.25) is 0 Å². The molecule has 0 unspecified atom stereocenters. The van der Waals surface area contributed by atoms with Crippen LogP contribution in [0, 0.1) is 12.8 Å². The Bertz CT molecular complexity index is 606. The SMILES string of the molecule is Cc1nccc(C(=O)N[C@@H](c2cccs2)C2CCCC2)n1. The largest absolute Gasteiger partial charge is 0.343 e. The van der Waals surface area contributed by atoms with Crippen molar-refractivity contribution < 1.29 is 4.79 Å². The zero-order valence-corrected chi connectivity index (χ0v) is 12.9. The molecule has 1 N–H and O–H groups in total. The van der Waals surface area contributed by atoms with Gasteiger partial charge >= 0.3 is 0 Å². The molecule has 1 aliphatic rings. The summed E-state index contributed by atoms with van der Waals surface area (Å²) in [6.45, 7) is 1.80. The summed E-state index contributed by atoms with van der Waals surface area (Å²) in [6, 6.07) is 5.93.